The molecule has 0 atom stereocenters. The van der Waals surface area contributed by atoms with Crippen molar-refractivity contribution in [2.24, 2.45) is 0 Å². The summed E-state index contributed by atoms with van der Waals surface area (Å²) >= 11 is 3.36. The number of halogens is 1. The summed E-state index contributed by atoms with van der Waals surface area (Å²) in [6.45, 7) is 0. The maximum Gasteiger partial charge on any atom is 0.255 e. The molecule has 0 saturated heterocycles. The van der Waals surface area contributed by atoms with Crippen LogP contribution >= 0.6 is 15.9 Å². The maximum absolute atomic E-state index is 12.6. The van der Waals surface area contributed by atoms with Crippen molar-refractivity contribution in [3.8, 4) is 5.69 Å². The minimum Gasteiger partial charge on any atom is -0.361 e. The number of carbonyl (C=O) groups is 1. The van der Waals surface area contributed by atoms with E-state index in [0.29, 0.717) is 17.1 Å². The summed E-state index contributed by atoms with van der Waals surface area (Å²) < 4.78 is 2.56. The smallest absolute Gasteiger partial charge is 0.255 e. The van der Waals surface area contributed by atoms with Crippen molar-refractivity contribution < 1.29 is 4.79 Å². The molecule has 0 radical (unpaired) electrons. The van der Waals surface area contributed by atoms with Crippen molar-refractivity contribution in [2.45, 2.75) is 0 Å². The molecule has 0 saturated carbocycles. The number of hydrogen-bond donors (Lipinski definition) is 1. The Labute approximate surface area is 147 Å². The summed E-state index contributed by atoms with van der Waals surface area (Å²) in [6, 6.07) is 7.21. The number of carbonyl (C=O) groups excluding carboxylic acids is 1. The Morgan fingerprint density at radius 1 is 1.29 bits per heavy atom. The van der Waals surface area contributed by atoms with Gasteiger partial charge in [0.2, 0.25) is 0 Å². The lowest BCUT2D eigenvalue weighted by atomic mass is 10.2. The summed E-state index contributed by atoms with van der Waals surface area (Å²) in [7, 11) is 3.71. The van der Waals surface area contributed by atoms with Crippen LogP contribution in [0.15, 0.2) is 53.7 Å². The Kier molecular flexibility index (Phi) is 4.57. The van der Waals surface area contributed by atoms with E-state index in [1.807, 2.05) is 37.3 Å². The van der Waals surface area contributed by atoms with Gasteiger partial charge in [-0.2, -0.15) is 5.10 Å². The summed E-state index contributed by atoms with van der Waals surface area (Å²) in [5.41, 5.74) is 1.87. The SMILES string of the molecule is CN(C)c1ncncc1NC(=O)c1cccc(-n2cc(Br)cn2)c1. The highest BCUT2D eigenvalue weighted by Crippen LogP contribution is 2.21. The number of anilines is 2. The fourth-order valence-electron chi connectivity index (χ4n) is 2.19. The number of nitrogens with zero attached hydrogens (tertiary/aromatic N) is 5. The Morgan fingerprint density at radius 2 is 2.12 bits per heavy atom. The van der Waals surface area contributed by atoms with Crippen LogP contribution in [-0.2, 0) is 0 Å². The van der Waals surface area contributed by atoms with Gasteiger partial charge in [0.05, 0.1) is 22.6 Å². The molecule has 2 heterocycles. The topological polar surface area (TPSA) is 75.9 Å². The lowest BCUT2D eigenvalue weighted by Gasteiger charge is -2.15. The first-order valence-corrected chi connectivity index (χ1v) is 7.93. The van der Waals surface area contributed by atoms with Gasteiger partial charge < -0.3 is 10.2 Å². The van der Waals surface area contributed by atoms with E-state index in [1.54, 1.807) is 29.2 Å². The number of amides is 1. The second-order valence-electron chi connectivity index (χ2n) is 5.26. The standard InChI is InChI=1S/C16H15BrN6O/c1-22(2)15-14(8-18-10-19-15)21-16(24)11-4-3-5-13(6-11)23-9-12(17)7-20-23/h3-10H,1-2H3,(H,21,24). The molecule has 1 aromatic carbocycles. The average molecular weight is 387 g/mol. The van der Waals surface area contributed by atoms with E-state index >= 15 is 0 Å². The van der Waals surface area contributed by atoms with Gasteiger partial charge in [-0.05, 0) is 34.1 Å². The molecule has 1 N–H and O–H groups in total. The van der Waals surface area contributed by atoms with E-state index in [0.717, 1.165) is 10.2 Å². The molecule has 0 fully saturated rings. The molecule has 0 aliphatic carbocycles. The average Bonchev–Trinajstić information content (AvgIpc) is 3.02. The van der Waals surface area contributed by atoms with Crippen LogP contribution < -0.4 is 10.2 Å². The highest BCUT2D eigenvalue weighted by molar-refractivity contribution is 9.10. The number of rotatable bonds is 4. The van der Waals surface area contributed by atoms with E-state index in [2.05, 4.69) is 36.3 Å². The lowest BCUT2D eigenvalue weighted by Crippen LogP contribution is -2.18. The van der Waals surface area contributed by atoms with E-state index in [1.165, 1.54) is 6.33 Å². The third-order valence-corrected chi connectivity index (χ3v) is 3.70. The normalized spacial score (nSPS) is 10.5. The molecular formula is C16H15BrN6O. The van der Waals surface area contributed by atoms with Crippen molar-refractivity contribution in [2.75, 3.05) is 24.3 Å². The molecule has 0 bridgehead atoms. The van der Waals surface area contributed by atoms with Crippen LogP contribution in [0.4, 0.5) is 11.5 Å². The first-order chi connectivity index (χ1) is 11.5. The van der Waals surface area contributed by atoms with Crippen LogP contribution in [0, 0.1) is 0 Å². The summed E-state index contributed by atoms with van der Waals surface area (Å²) in [5, 5.41) is 7.07. The zero-order chi connectivity index (χ0) is 17.1. The van der Waals surface area contributed by atoms with Crippen LogP contribution in [0.2, 0.25) is 0 Å². The molecular weight excluding hydrogens is 372 g/mol. The predicted molar refractivity (Wildman–Crippen MR) is 95.6 cm³/mol. The monoisotopic (exact) mass is 386 g/mol. The van der Waals surface area contributed by atoms with Gasteiger partial charge in [0.25, 0.3) is 5.91 Å². The predicted octanol–water partition coefficient (Wildman–Crippen LogP) is 2.74. The first kappa shape index (κ1) is 16.1. The highest BCUT2D eigenvalue weighted by atomic mass is 79.9. The van der Waals surface area contributed by atoms with Crippen molar-refractivity contribution in [1.29, 1.82) is 0 Å². The Bertz CT molecular complexity index is 876. The molecule has 8 heteroatoms. The molecule has 0 unspecified atom stereocenters. The van der Waals surface area contributed by atoms with E-state index in [9.17, 15) is 4.79 Å². The van der Waals surface area contributed by atoms with Gasteiger partial charge in [0, 0.05) is 25.9 Å². The van der Waals surface area contributed by atoms with Gasteiger partial charge in [-0.15, -0.1) is 0 Å². The summed E-state index contributed by atoms with van der Waals surface area (Å²) in [6.07, 6.45) is 6.54. The Morgan fingerprint density at radius 3 is 2.83 bits per heavy atom. The molecule has 0 aliphatic heterocycles. The first-order valence-electron chi connectivity index (χ1n) is 7.14. The highest BCUT2D eigenvalue weighted by Gasteiger charge is 2.12. The second kappa shape index (κ2) is 6.79. The van der Waals surface area contributed by atoms with Crippen molar-refractivity contribution in [1.82, 2.24) is 19.7 Å². The molecule has 24 heavy (non-hydrogen) atoms. The minimum absolute atomic E-state index is 0.235. The zero-order valence-corrected chi connectivity index (χ0v) is 14.7. The Hall–Kier alpha value is -2.74. The van der Waals surface area contributed by atoms with Gasteiger partial charge in [0.1, 0.15) is 12.0 Å². The second-order valence-corrected chi connectivity index (χ2v) is 6.18. The fraction of sp³-hybridized carbons (Fsp3) is 0.125. The summed E-state index contributed by atoms with van der Waals surface area (Å²) in [4.78, 5) is 22.5. The number of benzene rings is 1. The van der Waals surface area contributed by atoms with Gasteiger partial charge in [-0.1, -0.05) is 6.07 Å². The maximum atomic E-state index is 12.6. The molecule has 1 amide bonds. The summed E-state index contributed by atoms with van der Waals surface area (Å²) in [5.74, 6) is 0.409. The number of aromatic nitrogens is 4. The van der Waals surface area contributed by atoms with Gasteiger partial charge in [0.15, 0.2) is 5.82 Å². The number of nitrogens with one attached hydrogen (secondary N) is 1. The van der Waals surface area contributed by atoms with Gasteiger partial charge >= 0.3 is 0 Å². The quantitative estimate of drug-likeness (QED) is 0.745. The third kappa shape index (κ3) is 3.43. The fourth-order valence-corrected chi connectivity index (χ4v) is 2.48. The molecule has 3 aromatic rings. The molecule has 2 aromatic heterocycles. The van der Waals surface area contributed by atoms with Gasteiger partial charge in [-0.25, -0.2) is 14.6 Å². The molecule has 0 spiro atoms. The van der Waals surface area contributed by atoms with Crippen molar-refractivity contribution in [3.63, 3.8) is 0 Å². The van der Waals surface area contributed by atoms with Crippen LogP contribution in [-0.4, -0.2) is 39.8 Å². The third-order valence-electron chi connectivity index (χ3n) is 3.29. The van der Waals surface area contributed by atoms with Crippen LogP contribution in [0.25, 0.3) is 5.69 Å². The minimum atomic E-state index is -0.235. The van der Waals surface area contributed by atoms with Crippen molar-refractivity contribution in [3.05, 3.63) is 59.2 Å². The van der Waals surface area contributed by atoms with Crippen LogP contribution in [0.3, 0.4) is 0 Å². The Balaban J connectivity index is 1.86. The van der Waals surface area contributed by atoms with E-state index in [-0.39, 0.29) is 5.91 Å². The van der Waals surface area contributed by atoms with Crippen molar-refractivity contribution >= 4 is 33.3 Å². The van der Waals surface area contributed by atoms with E-state index in [4.69, 9.17) is 0 Å². The van der Waals surface area contributed by atoms with Gasteiger partial charge in [-0.3, -0.25) is 4.79 Å². The van der Waals surface area contributed by atoms with E-state index < -0.39 is 0 Å². The molecule has 7 nitrogen and oxygen atoms in total. The number of hydrogen-bond acceptors (Lipinski definition) is 5. The molecule has 3 rings (SSSR count). The molecule has 0 aliphatic rings. The van der Waals surface area contributed by atoms with Crippen LogP contribution in [0.1, 0.15) is 10.4 Å². The lowest BCUT2D eigenvalue weighted by molar-refractivity contribution is 0.102. The molecule has 122 valence electrons. The largest absolute Gasteiger partial charge is 0.361 e. The van der Waals surface area contributed by atoms with Crippen LogP contribution in [0.5, 0.6) is 0 Å². The zero-order valence-electron chi connectivity index (χ0n) is 13.1.